The van der Waals surface area contributed by atoms with E-state index in [1.54, 1.807) is 13.0 Å². The first-order valence-corrected chi connectivity index (χ1v) is 6.77. The minimum Gasteiger partial charge on any atom is -0.465 e. The molecule has 0 aliphatic rings. The lowest BCUT2D eigenvalue weighted by Gasteiger charge is -2.13. The molecule has 1 rings (SSSR count). The number of benzene rings is 1. The van der Waals surface area contributed by atoms with E-state index in [1.807, 2.05) is 26.0 Å². The monoisotopic (exact) mass is 312 g/mol. The molecule has 0 aliphatic heterocycles. The Balaban J connectivity index is 3.00. The van der Waals surface area contributed by atoms with Crippen LogP contribution in [-0.2, 0) is 9.53 Å². The predicted molar refractivity (Wildman–Crippen MR) is 73.6 cm³/mol. The first-order valence-electron chi connectivity index (χ1n) is 5.98. The van der Waals surface area contributed by atoms with Crippen LogP contribution in [0.1, 0.15) is 36.2 Å². The van der Waals surface area contributed by atoms with Gasteiger partial charge in [0.1, 0.15) is 5.92 Å². The molecule has 1 aromatic carbocycles. The van der Waals surface area contributed by atoms with Crippen molar-refractivity contribution in [1.82, 2.24) is 0 Å². The molecule has 0 heterocycles. The van der Waals surface area contributed by atoms with E-state index < -0.39 is 11.9 Å². The van der Waals surface area contributed by atoms with Gasteiger partial charge in [-0.1, -0.05) is 28.9 Å². The lowest BCUT2D eigenvalue weighted by Crippen LogP contribution is -2.26. The zero-order valence-electron chi connectivity index (χ0n) is 10.8. The molecule has 1 unspecified atom stereocenters. The molecular formula is C14H17BrO3. The molecule has 0 amide bonds. The topological polar surface area (TPSA) is 43.4 Å². The van der Waals surface area contributed by atoms with Crippen LogP contribution in [0.15, 0.2) is 22.7 Å². The van der Waals surface area contributed by atoms with Gasteiger partial charge < -0.3 is 4.74 Å². The molecule has 0 fully saturated rings. The Morgan fingerprint density at radius 1 is 1.33 bits per heavy atom. The van der Waals surface area contributed by atoms with Crippen molar-refractivity contribution in [1.29, 1.82) is 0 Å². The molecule has 0 saturated carbocycles. The van der Waals surface area contributed by atoms with E-state index in [1.165, 1.54) is 0 Å². The Hall–Kier alpha value is -1.16. The van der Waals surface area contributed by atoms with Gasteiger partial charge >= 0.3 is 5.97 Å². The van der Waals surface area contributed by atoms with Gasteiger partial charge in [-0.05, 0) is 38.0 Å². The zero-order chi connectivity index (χ0) is 13.7. The van der Waals surface area contributed by atoms with Crippen molar-refractivity contribution >= 4 is 27.7 Å². The van der Waals surface area contributed by atoms with Gasteiger partial charge in [0.2, 0.25) is 0 Å². The summed E-state index contributed by atoms with van der Waals surface area (Å²) < 4.78 is 5.64. The summed E-state index contributed by atoms with van der Waals surface area (Å²) in [5.74, 6) is -1.36. The molecule has 18 heavy (non-hydrogen) atoms. The second-order valence-electron chi connectivity index (χ2n) is 4.06. The van der Waals surface area contributed by atoms with Crippen LogP contribution in [0.5, 0.6) is 0 Å². The number of carbonyl (C=O) groups excluding carboxylic acids is 2. The number of esters is 1. The highest BCUT2D eigenvalue weighted by Gasteiger charge is 2.28. The summed E-state index contributed by atoms with van der Waals surface area (Å²) in [6, 6.07) is 5.46. The van der Waals surface area contributed by atoms with Gasteiger partial charge in [-0.2, -0.15) is 0 Å². The quantitative estimate of drug-likeness (QED) is 0.474. The predicted octanol–water partition coefficient (Wildman–Crippen LogP) is 3.53. The summed E-state index contributed by atoms with van der Waals surface area (Å²) in [4.78, 5) is 24.0. The fraction of sp³-hybridized carbons (Fsp3) is 0.429. The summed E-state index contributed by atoms with van der Waals surface area (Å²) in [7, 11) is 0. The van der Waals surface area contributed by atoms with Crippen molar-refractivity contribution in [2.45, 2.75) is 27.2 Å². The van der Waals surface area contributed by atoms with E-state index in [0.29, 0.717) is 12.0 Å². The van der Waals surface area contributed by atoms with Crippen molar-refractivity contribution in [3.05, 3.63) is 33.8 Å². The number of hydrogen-bond donors (Lipinski definition) is 0. The first kappa shape index (κ1) is 14.9. The van der Waals surface area contributed by atoms with Crippen molar-refractivity contribution in [2.24, 2.45) is 5.92 Å². The number of Topliss-reactive ketones (excluding diaryl/α,β-unsaturated/α-hetero) is 1. The Bertz CT molecular complexity index is 454. The number of aryl methyl sites for hydroxylation is 1. The largest absolute Gasteiger partial charge is 0.465 e. The van der Waals surface area contributed by atoms with Crippen LogP contribution in [0.25, 0.3) is 0 Å². The van der Waals surface area contributed by atoms with Crippen LogP contribution >= 0.6 is 15.9 Å². The minimum atomic E-state index is -0.719. The zero-order valence-corrected chi connectivity index (χ0v) is 12.4. The maximum absolute atomic E-state index is 12.3. The van der Waals surface area contributed by atoms with E-state index in [0.717, 1.165) is 10.0 Å². The molecular weight excluding hydrogens is 296 g/mol. The highest BCUT2D eigenvalue weighted by molar-refractivity contribution is 9.10. The van der Waals surface area contributed by atoms with Crippen molar-refractivity contribution in [2.75, 3.05) is 6.61 Å². The van der Waals surface area contributed by atoms with Gasteiger partial charge in [-0.3, -0.25) is 9.59 Å². The molecule has 1 aromatic rings. The summed E-state index contributed by atoms with van der Waals surface area (Å²) in [6.07, 6.45) is 0.442. The van der Waals surface area contributed by atoms with E-state index >= 15 is 0 Å². The molecule has 0 saturated heterocycles. The summed E-state index contributed by atoms with van der Waals surface area (Å²) >= 11 is 3.36. The summed E-state index contributed by atoms with van der Waals surface area (Å²) in [5.41, 5.74) is 1.59. The van der Waals surface area contributed by atoms with Crippen molar-refractivity contribution < 1.29 is 14.3 Å². The van der Waals surface area contributed by atoms with Crippen LogP contribution < -0.4 is 0 Å². The molecule has 3 nitrogen and oxygen atoms in total. The number of carbonyl (C=O) groups is 2. The molecule has 0 spiro atoms. The molecule has 98 valence electrons. The van der Waals surface area contributed by atoms with Gasteiger partial charge in [0.15, 0.2) is 5.78 Å². The van der Waals surface area contributed by atoms with Gasteiger partial charge in [0.25, 0.3) is 0 Å². The Kier molecular flexibility index (Phi) is 5.54. The second kappa shape index (κ2) is 6.69. The van der Waals surface area contributed by atoms with E-state index in [9.17, 15) is 9.59 Å². The lowest BCUT2D eigenvalue weighted by atomic mass is 9.95. The highest BCUT2D eigenvalue weighted by atomic mass is 79.9. The number of halogens is 1. The first-order chi connectivity index (χ1) is 8.51. The molecule has 0 bridgehead atoms. The van der Waals surface area contributed by atoms with Crippen LogP contribution in [0, 0.1) is 12.8 Å². The van der Waals surface area contributed by atoms with Gasteiger partial charge in [0.05, 0.1) is 6.61 Å². The van der Waals surface area contributed by atoms with Crippen LogP contribution in [-0.4, -0.2) is 18.4 Å². The van der Waals surface area contributed by atoms with Crippen LogP contribution in [0.2, 0.25) is 0 Å². The van der Waals surface area contributed by atoms with Gasteiger partial charge in [-0.25, -0.2) is 0 Å². The Morgan fingerprint density at radius 3 is 2.50 bits per heavy atom. The average molecular weight is 313 g/mol. The van der Waals surface area contributed by atoms with Gasteiger partial charge in [-0.15, -0.1) is 0 Å². The maximum atomic E-state index is 12.3. The number of rotatable bonds is 5. The SMILES string of the molecule is CCOC(=O)C(CC)C(=O)c1ccc(C)cc1Br. The highest BCUT2D eigenvalue weighted by Crippen LogP contribution is 2.23. The molecule has 0 aromatic heterocycles. The lowest BCUT2D eigenvalue weighted by molar-refractivity contribution is -0.146. The third kappa shape index (κ3) is 3.42. The molecule has 0 N–H and O–H groups in total. The maximum Gasteiger partial charge on any atom is 0.316 e. The standard InChI is InChI=1S/C14H17BrO3/c1-4-10(14(17)18-5-2)13(16)11-7-6-9(3)8-12(11)15/h6-8,10H,4-5H2,1-3H3. The second-order valence-corrected chi connectivity index (χ2v) is 4.91. The fourth-order valence-electron chi connectivity index (χ4n) is 1.71. The fourth-order valence-corrected chi connectivity index (χ4v) is 2.40. The summed E-state index contributed by atoms with van der Waals surface area (Å²) in [6.45, 7) is 5.78. The Labute approximate surface area is 116 Å². The third-order valence-electron chi connectivity index (χ3n) is 2.69. The summed E-state index contributed by atoms with van der Waals surface area (Å²) in [5, 5.41) is 0. The van der Waals surface area contributed by atoms with E-state index in [2.05, 4.69) is 15.9 Å². The van der Waals surface area contributed by atoms with E-state index in [4.69, 9.17) is 4.74 Å². The molecule has 4 heteroatoms. The average Bonchev–Trinajstić information content (AvgIpc) is 2.29. The minimum absolute atomic E-state index is 0.192. The molecule has 1 atom stereocenters. The van der Waals surface area contributed by atoms with Gasteiger partial charge in [0, 0.05) is 10.0 Å². The van der Waals surface area contributed by atoms with Crippen LogP contribution in [0.4, 0.5) is 0 Å². The smallest absolute Gasteiger partial charge is 0.316 e. The number of hydrogen-bond acceptors (Lipinski definition) is 3. The van der Waals surface area contributed by atoms with Crippen LogP contribution in [0.3, 0.4) is 0 Å². The number of ketones is 1. The van der Waals surface area contributed by atoms with Crippen molar-refractivity contribution in [3.8, 4) is 0 Å². The van der Waals surface area contributed by atoms with E-state index in [-0.39, 0.29) is 12.4 Å². The normalized spacial score (nSPS) is 12.0. The Morgan fingerprint density at radius 2 is 2.00 bits per heavy atom. The molecule has 0 radical (unpaired) electrons. The number of ether oxygens (including phenoxy) is 1. The third-order valence-corrected chi connectivity index (χ3v) is 3.34. The molecule has 0 aliphatic carbocycles. The van der Waals surface area contributed by atoms with Crippen molar-refractivity contribution in [3.63, 3.8) is 0 Å².